The van der Waals surface area contributed by atoms with Crippen LogP contribution in [0.3, 0.4) is 0 Å². The lowest BCUT2D eigenvalue weighted by Crippen LogP contribution is -2.36. The van der Waals surface area contributed by atoms with Crippen molar-refractivity contribution >= 4 is 81.1 Å². The molecule has 1 aliphatic carbocycles. The second kappa shape index (κ2) is 10.2. The summed E-state index contributed by atoms with van der Waals surface area (Å²) in [5.41, 5.74) is 2.01. The van der Waals surface area contributed by atoms with Gasteiger partial charge >= 0.3 is 5.97 Å². The molecule has 0 bridgehead atoms. The molecule has 0 saturated carbocycles. The summed E-state index contributed by atoms with van der Waals surface area (Å²) in [5, 5.41) is 0. The third-order valence-corrected chi connectivity index (χ3v) is 6.02. The molecule has 1 aliphatic heterocycles. The van der Waals surface area contributed by atoms with Gasteiger partial charge in [-0.05, 0) is 37.8 Å². The minimum Gasteiger partial charge on any atom is -0.466 e. The van der Waals surface area contributed by atoms with E-state index in [9.17, 15) is 4.79 Å². The number of hydrogen-bond acceptors (Lipinski definition) is 6. The summed E-state index contributed by atoms with van der Waals surface area (Å²) < 4.78 is 1.25. The van der Waals surface area contributed by atoms with Gasteiger partial charge in [0.25, 0.3) is 0 Å². The lowest BCUT2D eigenvalue weighted by molar-refractivity contribution is -0.143. The maximum atomic E-state index is 11.7. The lowest BCUT2D eigenvalue weighted by Gasteiger charge is -2.39. The van der Waals surface area contributed by atoms with Crippen molar-refractivity contribution in [1.29, 1.82) is 0 Å². The van der Waals surface area contributed by atoms with Crippen molar-refractivity contribution in [3.8, 4) is 0 Å². The molecule has 31 heavy (non-hydrogen) atoms. The summed E-state index contributed by atoms with van der Waals surface area (Å²) in [6.45, 7) is 3.69. The molecule has 0 amide bonds. The number of esters is 1. The molecule has 12 heteroatoms. The first-order valence-corrected chi connectivity index (χ1v) is 12.0. The first-order valence-electron chi connectivity index (χ1n) is 9.71. The molecule has 1 unspecified atom stereocenters. The van der Waals surface area contributed by atoms with Crippen LogP contribution in [0.5, 0.6) is 0 Å². The predicted molar refractivity (Wildman–Crippen MR) is 125 cm³/mol. The number of ether oxygens (including phenoxy) is 1. The van der Waals surface area contributed by atoms with E-state index in [0.29, 0.717) is 31.8 Å². The maximum Gasteiger partial charge on any atom is 0.307 e. The highest BCUT2D eigenvalue weighted by atomic mass is 35.6. The van der Waals surface area contributed by atoms with Crippen LogP contribution in [-0.4, -0.2) is 45.5 Å². The fourth-order valence-corrected chi connectivity index (χ4v) is 4.18. The van der Waals surface area contributed by atoms with Crippen LogP contribution in [0.2, 0.25) is 0 Å². The van der Waals surface area contributed by atoms with Gasteiger partial charge in [0, 0.05) is 24.7 Å². The molecule has 1 atom stereocenters. The van der Waals surface area contributed by atoms with Gasteiger partial charge in [0.05, 0.1) is 13.0 Å². The molecule has 6 nitrogen and oxygen atoms in total. The summed E-state index contributed by atoms with van der Waals surface area (Å²) in [4.78, 5) is 26.6. The number of halogens is 6. The van der Waals surface area contributed by atoms with Crippen LogP contribution in [0.25, 0.3) is 5.57 Å². The third-order valence-electron chi connectivity index (χ3n) is 5.01. The van der Waals surface area contributed by atoms with Gasteiger partial charge in [-0.3, -0.25) is 4.79 Å². The molecule has 1 fully saturated rings. The molecule has 2 heterocycles. The molecular formula is C19H20Cl6N4O2. The van der Waals surface area contributed by atoms with Crippen LogP contribution < -0.4 is 0 Å². The van der Waals surface area contributed by atoms with Gasteiger partial charge < -0.3 is 9.64 Å². The number of fused-ring (bicyclic) bond motifs is 1. The van der Waals surface area contributed by atoms with E-state index in [1.165, 1.54) is 5.70 Å². The van der Waals surface area contributed by atoms with Crippen molar-refractivity contribution in [3.05, 3.63) is 35.3 Å². The van der Waals surface area contributed by atoms with E-state index in [-0.39, 0.29) is 23.5 Å². The fourth-order valence-electron chi connectivity index (χ4n) is 3.67. The van der Waals surface area contributed by atoms with Gasteiger partial charge in [-0.2, -0.15) is 0 Å². The summed E-state index contributed by atoms with van der Waals surface area (Å²) in [5.74, 6) is 0.135. The largest absolute Gasteiger partial charge is 0.466 e. The van der Waals surface area contributed by atoms with E-state index < -0.39 is 7.59 Å². The minimum absolute atomic E-state index is 0.112. The Labute approximate surface area is 210 Å². The second-order valence-electron chi connectivity index (χ2n) is 7.17. The SMILES string of the molecule is CCOC(=O)CCN1CCCC2CC(c3nc(C(Cl)(Cl)Cl)nc(C(Cl)(Cl)Cl)n3)=CC=C21. The van der Waals surface area contributed by atoms with Crippen LogP contribution >= 0.6 is 69.6 Å². The Hall–Kier alpha value is -0.500. The quantitative estimate of drug-likeness (QED) is 0.339. The smallest absolute Gasteiger partial charge is 0.307 e. The van der Waals surface area contributed by atoms with Crippen molar-refractivity contribution in [3.63, 3.8) is 0 Å². The lowest BCUT2D eigenvalue weighted by atomic mass is 9.84. The summed E-state index contributed by atoms with van der Waals surface area (Å²) in [6.07, 6.45) is 6.95. The number of likely N-dealkylation sites (tertiary alicyclic amines) is 1. The van der Waals surface area contributed by atoms with E-state index in [2.05, 4.69) is 19.9 Å². The molecule has 0 N–H and O–H groups in total. The first kappa shape index (κ1) is 25.1. The number of carbonyl (C=O) groups excluding carboxylic acids is 1. The fraction of sp³-hybridized carbons (Fsp3) is 0.579. The Morgan fingerprint density at radius 1 is 1.10 bits per heavy atom. The van der Waals surface area contributed by atoms with Crippen LogP contribution in [0.1, 0.15) is 50.1 Å². The van der Waals surface area contributed by atoms with Gasteiger partial charge in [-0.15, -0.1) is 0 Å². The van der Waals surface area contributed by atoms with E-state index in [0.717, 1.165) is 25.0 Å². The monoisotopic (exact) mass is 546 g/mol. The highest BCUT2D eigenvalue weighted by molar-refractivity contribution is 6.67. The first-order chi connectivity index (χ1) is 14.5. The maximum absolute atomic E-state index is 11.7. The zero-order valence-corrected chi connectivity index (χ0v) is 21.1. The highest BCUT2D eigenvalue weighted by Crippen LogP contribution is 2.42. The summed E-state index contributed by atoms with van der Waals surface area (Å²) >= 11 is 35.9. The number of rotatable bonds is 5. The van der Waals surface area contributed by atoms with Crippen molar-refractivity contribution in [1.82, 2.24) is 19.9 Å². The Bertz CT molecular complexity index is 862. The van der Waals surface area contributed by atoms with Gasteiger partial charge in [0.1, 0.15) is 0 Å². The second-order valence-corrected chi connectivity index (χ2v) is 11.7. The molecule has 1 saturated heterocycles. The molecule has 1 aromatic rings. The van der Waals surface area contributed by atoms with Gasteiger partial charge in [-0.25, -0.2) is 15.0 Å². The number of aromatic nitrogens is 3. The van der Waals surface area contributed by atoms with Gasteiger partial charge in [0.15, 0.2) is 17.5 Å². The molecule has 0 radical (unpaired) electrons. The molecule has 170 valence electrons. The van der Waals surface area contributed by atoms with E-state index in [1.54, 1.807) is 6.92 Å². The van der Waals surface area contributed by atoms with Crippen molar-refractivity contribution in [2.45, 2.75) is 40.2 Å². The zero-order valence-electron chi connectivity index (χ0n) is 16.6. The Kier molecular flexibility index (Phi) is 8.26. The number of piperidine rings is 1. The van der Waals surface area contributed by atoms with Crippen LogP contribution in [0.4, 0.5) is 0 Å². The topological polar surface area (TPSA) is 68.2 Å². The standard InChI is InChI=1S/C19H20Cl6N4O2/c1-2-31-14(30)7-9-29-8-3-4-11-10-12(5-6-13(11)29)15-26-16(18(20,21)22)28-17(27-15)19(23,24)25/h5-6,11H,2-4,7-10H2,1H3. The van der Waals surface area contributed by atoms with E-state index >= 15 is 0 Å². The predicted octanol–water partition coefficient (Wildman–Crippen LogP) is 5.86. The van der Waals surface area contributed by atoms with Crippen molar-refractivity contribution in [2.24, 2.45) is 5.92 Å². The minimum atomic E-state index is -1.90. The average Bonchev–Trinajstić information content (AvgIpc) is 2.70. The molecule has 0 spiro atoms. The Balaban J connectivity index is 1.89. The number of hydrogen-bond donors (Lipinski definition) is 0. The van der Waals surface area contributed by atoms with Gasteiger partial charge in [-0.1, -0.05) is 75.7 Å². The van der Waals surface area contributed by atoms with Crippen molar-refractivity contribution < 1.29 is 9.53 Å². The van der Waals surface area contributed by atoms with Crippen molar-refractivity contribution in [2.75, 3.05) is 19.7 Å². The van der Waals surface area contributed by atoms with E-state index in [4.69, 9.17) is 74.3 Å². The molecule has 3 rings (SSSR count). The molecule has 1 aromatic heterocycles. The van der Waals surface area contributed by atoms with E-state index in [1.807, 2.05) is 12.2 Å². The zero-order chi connectivity index (χ0) is 22.8. The highest BCUT2D eigenvalue weighted by Gasteiger charge is 2.35. The number of allylic oxidation sites excluding steroid dienone is 4. The normalized spacial score (nSPS) is 19.5. The number of nitrogens with zero attached hydrogens (tertiary/aromatic N) is 4. The average molecular weight is 549 g/mol. The van der Waals surface area contributed by atoms with Gasteiger partial charge in [0.2, 0.25) is 7.59 Å². The molecular weight excluding hydrogens is 529 g/mol. The van der Waals surface area contributed by atoms with Crippen LogP contribution in [0.15, 0.2) is 17.8 Å². The van der Waals surface area contributed by atoms with Crippen LogP contribution in [0, 0.1) is 5.92 Å². The third kappa shape index (κ3) is 6.52. The molecule has 0 aromatic carbocycles. The number of alkyl halides is 6. The molecule has 2 aliphatic rings. The summed E-state index contributed by atoms with van der Waals surface area (Å²) in [6, 6.07) is 0. The number of carbonyl (C=O) groups is 1. The Morgan fingerprint density at radius 2 is 1.74 bits per heavy atom. The van der Waals surface area contributed by atoms with Crippen LogP contribution in [-0.2, 0) is 17.1 Å². The Morgan fingerprint density at radius 3 is 2.32 bits per heavy atom. The summed E-state index contributed by atoms with van der Waals surface area (Å²) in [7, 11) is 0.